The molecule has 136 valence electrons. The molecule has 0 aliphatic rings. The summed E-state index contributed by atoms with van der Waals surface area (Å²) < 4.78 is 19.5. The Morgan fingerprint density at radius 3 is 2.19 bits per heavy atom. The van der Waals surface area contributed by atoms with Crippen molar-refractivity contribution < 1.29 is 9.13 Å². The van der Waals surface area contributed by atoms with E-state index in [-0.39, 0.29) is 24.8 Å². The number of ether oxygens (including phenoxy) is 1. The van der Waals surface area contributed by atoms with Crippen molar-refractivity contribution in [2.75, 3.05) is 6.54 Å². The van der Waals surface area contributed by atoms with Crippen LogP contribution in [0.2, 0.25) is 0 Å². The van der Waals surface area contributed by atoms with E-state index >= 15 is 0 Å². The predicted octanol–water partition coefficient (Wildman–Crippen LogP) is 5.16. The molecule has 0 atom stereocenters. The number of hydrogen-bond donors (Lipinski definition) is 1. The van der Waals surface area contributed by atoms with E-state index in [4.69, 9.17) is 4.74 Å². The lowest BCUT2D eigenvalue weighted by atomic mass is 10.1. The topological polar surface area (TPSA) is 21.3 Å². The molecule has 4 heteroatoms. The third-order valence-electron chi connectivity index (χ3n) is 4.06. The first kappa shape index (κ1) is 20.0. The average Bonchev–Trinajstić information content (AvgIpc) is 2.66. The van der Waals surface area contributed by atoms with Crippen molar-refractivity contribution in [2.45, 2.75) is 19.6 Å². The lowest BCUT2D eigenvalue weighted by Crippen LogP contribution is -2.17. The van der Waals surface area contributed by atoms with Crippen molar-refractivity contribution >= 4 is 12.4 Å². The second-order valence-electron chi connectivity index (χ2n) is 5.90. The molecule has 3 rings (SSSR count). The van der Waals surface area contributed by atoms with E-state index in [1.54, 1.807) is 12.1 Å². The molecular formula is C22H23ClFNO. The predicted molar refractivity (Wildman–Crippen MR) is 106 cm³/mol. The summed E-state index contributed by atoms with van der Waals surface area (Å²) in [4.78, 5) is 0. The van der Waals surface area contributed by atoms with Gasteiger partial charge in [-0.3, -0.25) is 0 Å². The quantitative estimate of drug-likeness (QED) is 0.552. The minimum absolute atomic E-state index is 0. The van der Waals surface area contributed by atoms with Crippen molar-refractivity contribution in [2.24, 2.45) is 0 Å². The van der Waals surface area contributed by atoms with E-state index < -0.39 is 0 Å². The number of nitrogens with one attached hydrogen (secondary N) is 1. The van der Waals surface area contributed by atoms with Gasteiger partial charge in [-0.25, -0.2) is 4.39 Å². The second-order valence-corrected chi connectivity index (χ2v) is 5.90. The SMILES string of the molecule is Cl.Fc1ccccc1COc1ccccc1CNCCc1ccccc1. The number of halogens is 2. The van der Waals surface area contributed by atoms with Crippen molar-refractivity contribution in [3.8, 4) is 5.75 Å². The fraction of sp³-hybridized carbons (Fsp3) is 0.182. The van der Waals surface area contributed by atoms with Gasteiger partial charge in [-0.2, -0.15) is 0 Å². The third kappa shape index (κ3) is 5.87. The standard InChI is InChI=1S/C22H22FNO.ClH/c23-21-12-6-4-11-20(21)17-25-22-13-7-5-10-19(22)16-24-15-14-18-8-2-1-3-9-18;/h1-13,24H,14-17H2;1H. The molecule has 0 bridgehead atoms. The highest BCUT2D eigenvalue weighted by Crippen LogP contribution is 2.20. The molecule has 0 saturated carbocycles. The first-order chi connectivity index (χ1) is 12.3. The molecule has 0 spiro atoms. The molecule has 0 amide bonds. The normalized spacial score (nSPS) is 10.2. The summed E-state index contributed by atoms with van der Waals surface area (Å²) in [6.07, 6.45) is 0.985. The Morgan fingerprint density at radius 1 is 0.769 bits per heavy atom. The molecule has 0 aromatic heterocycles. The van der Waals surface area contributed by atoms with Crippen molar-refractivity contribution in [3.05, 3.63) is 101 Å². The molecule has 0 saturated heterocycles. The van der Waals surface area contributed by atoms with E-state index in [2.05, 4.69) is 29.6 Å². The van der Waals surface area contributed by atoms with Gasteiger partial charge in [0.2, 0.25) is 0 Å². The molecule has 3 aromatic rings. The minimum atomic E-state index is -0.235. The Morgan fingerprint density at radius 2 is 1.42 bits per heavy atom. The van der Waals surface area contributed by atoms with Crippen molar-refractivity contribution in [1.29, 1.82) is 0 Å². The molecule has 0 unspecified atom stereocenters. The lowest BCUT2D eigenvalue weighted by Gasteiger charge is -2.12. The first-order valence-electron chi connectivity index (χ1n) is 8.51. The van der Waals surface area contributed by atoms with Gasteiger partial charge in [-0.05, 0) is 30.7 Å². The van der Waals surface area contributed by atoms with Crippen LogP contribution in [0.1, 0.15) is 16.7 Å². The van der Waals surface area contributed by atoms with E-state index in [9.17, 15) is 4.39 Å². The largest absolute Gasteiger partial charge is 0.488 e. The molecule has 0 heterocycles. The van der Waals surface area contributed by atoms with Crippen LogP contribution >= 0.6 is 12.4 Å². The van der Waals surface area contributed by atoms with Gasteiger partial charge in [0, 0.05) is 17.7 Å². The fourth-order valence-corrected chi connectivity index (χ4v) is 2.66. The zero-order valence-corrected chi connectivity index (χ0v) is 15.3. The fourth-order valence-electron chi connectivity index (χ4n) is 2.66. The van der Waals surface area contributed by atoms with E-state index in [1.165, 1.54) is 11.6 Å². The maximum atomic E-state index is 13.7. The van der Waals surface area contributed by atoms with Crippen LogP contribution in [0.15, 0.2) is 78.9 Å². The summed E-state index contributed by atoms with van der Waals surface area (Å²) in [5.41, 5.74) is 2.96. The van der Waals surface area contributed by atoms with Gasteiger partial charge in [-0.15, -0.1) is 12.4 Å². The van der Waals surface area contributed by atoms with Crippen LogP contribution in [0.4, 0.5) is 4.39 Å². The number of hydrogen-bond acceptors (Lipinski definition) is 2. The van der Waals surface area contributed by atoms with Gasteiger partial charge in [0.25, 0.3) is 0 Å². The van der Waals surface area contributed by atoms with E-state index in [0.29, 0.717) is 5.56 Å². The summed E-state index contributed by atoms with van der Waals surface area (Å²) in [6, 6.07) is 25.0. The number of benzene rings is 3. The Hall–Kier alpha value is -2.36. The summed E-state index contributed by atoms with van der Waals surface area (Å²) >= 11 is 0. The lowest BCUT2D eigenvalue weighted by molar-refractivity contribution is 0.296. The van der Waals surface area contributed by atoms with Crippen LogP contribution in [-0.4, -0.2) is 6.54 Å². The molecule has 3 aromatic carbocycles. The Bertz CT molecular complexity index is 795. The number of para-hydroxylation sites is 1. The maximum absolute atomic E-state index is 13.7. The van der Waals surface area contributed by atoms with Crippen molar-refractivity contribution in [1.82, 2.24) is 5.32 Å². The molecule has 26 heavy (non-hydrogen) atoms. The Kier molecular flexibility index (Phi) is 8.13. The molecule has 0 aliphatic carbocycles. The summed E-state index contributed by atoms with van der Waals surface area (Å²) in [7, 11) is 0. The second kappa shape index (κ2) is 10.6. The summed E-state index contributed by atoms with van der Waals surface area (Å²) in [5, 5.41) is 3.45. The monoisotopic (exact) mass is 371 g/mol. The van der Waals surface area contributed by atoms with Crippen LogP contribution < -0.4 is 10.1 Å². The molecule has 0 aliphatic heterocycles. The molecule has 0 fully saturated rings. The van der Waals surface area contributed by atoms with Crippen molar-refractivity contribution in [3.63, 3.8) is 0 Å². The highest BCUT2D eigenvalue weighted by atomic mass is 35.5. The molecule has 0 radical (unpaired) electrons. The molecule has 2 nitrogen and oxygen atoms in total. The molecule has 1 N–H and O–H groups in total. The summed E-state index contributed by atoms with van der Waals surface area (Å²) in [6.45, 7) is 1.85. The van der Waals surface area contributed by atoms with Crippen LogP contribution in [0.25, 0.3) is 0 Å². The van der Waals surface area contributed by atoms with Gasteiger partial charge in [0.15, 0.2) is 0 Å². The van der Waals surface area contributed by atoms with Crippen LogP contribution in [0.5, 0.6) is 5.75 Å². The Balaban J connectivity index is 0.00000243. The smallest absolute Gasteiger partial charge is 0.129 e. The maximum Gasteiger partial charge on any atom is 0.129 e. The van der Waals surface area contributed by atoms with Gasteiger partial charge in [-0.1, -0.05) is 66.7 Å². The van der Waals surface area contributed by atoms with E-state index in [0.717, 1.165) is 30.8 Å². The number of rotatable bonds is 8. The van der Waals surface area contributed by atoms with Gasteiger partial charge >= 0.3 is 0 Å². The average molecular weight is 372 g/mol. The van der Waals surface area contributed by atoms with Gasteiger partial charge in [0.1, 0.15) is 18.2 Å². The highest BCUT2D eigenvalue weighted by molar-refractivity contribution is 5.85. The summed E-state index contributed by atoms with van der Waals surface area (Å²) in [5.74, 6) is 0.555. The van der Waals surface area contributed by atoms with Gasteiger partial charge in [0.05, 0.1) is 0 Å². The van der Waals surface area contributed by atoms with Crippen LogP contribution in [0.3, 0.4) is 0 Å². The molecular weight excluding hydrogens is 349 g/mol. The Labute approximate surface area is 160 Å². The third-order valence-corrected chi connectivity index (χ3v) is 4.06. The van der Waals surface area contributed by atoms with Crippen LogP contribution in [0, 0.1) is 5.82 Å². The van der Waals surface area contributed by atoms with Crippen LogP contribution in [-0.2, 0) is 19.6 Å². The minimum Gasteiger partial charge on any atom is -0.488 e. The highest BCUT2D eigenvalue weighted by Gasteiger charge is 2.05. The van der Waals surface area contributed by atoms with Gasteiger partial charge < -0.3 is 10.1 Å². The zero-order valence-electron chi connectivity index (χ0n) is 14.5. The van der Waals surface area contributed by atoms with E-state index in [1.807, 2.05) is 36.4 Å². The zero-order chi connectivity index (χ0) is 17.3. The first-order valence-corrected chi connectivity index (χ1v) is 8.51.